The first kappa shape index (κ1) is 50.7. The summed E-state index contributed by atoms with van der Waals surface area (Å²) in [5, 5.41) is 5.26. The highest BCUT2D eigenvalue weighted by molar-refractivity contribution is 7.91. The predicted molar refractivity (Wildman–Crippen MR) is 185 cm³/mol. The summed E-state index contributed by atoms with van der Waals surface area (Å²) in [4.78, 5) is 36.6. The number of aromatic nitrogens is 4. The van der Waals surface area contributed by atoms with E-state index in [-0.39, 0.29) is 42.2 Å². The average molecular weight is 749 g/mol. The fraction of sp³-hybridized carbons (Fsp3) is 0.630. The zero-order valence-corrected chi connectivity index (χ0v) is 32.1. The minimum absolute atomic E-state index is 0.0526. The number of carbonyl (C=O) groups is 2. The molecule has 0 saturated carbocycles. The maximum absolute atomic E-state index is 11.0. The second-order valence-corrected chi connectivity index (χ2v) is 19.9. The Labute approximate surface area is 281 Å². The molecular weight excluding hydrogens is 697 g/mol. The summed E-state index contributed by atoms with van der Waals surface area (Å²) in [6.45, 7) is 8.23. The number of hydrogen-bond acceptors (Lipinski definition) is 14. The van der Waals surface area contributed by atoms with E-state index < -0.39 is 39.3 Å². The van der Waals surface area contributed by atoms with E-state index in [1.54, 1.807) is 36.9 Å². The summed E-state index contributed by atoms with van der Waals surface area (Å²) in [5.41, 5.74) is 0. The predicted octanol–water partition coefficient (Wildman–Crippen LogP) is 0.414. The van der Waals surface area contributed by atoms with Crippen molar-refractivity contribution in [2.75, 3.05) is 55.6 Å². The van der Waals surface area contributed by atoms with Crippen molar-refractivity contribution < 1.29 is 43.3 Å². The first-order valence-corrected chi connectivity index (χ1v) is 22.5. The molecule has 16 nitrogen and oxygen atoms in total. The summed E-state index contributed by atoms with van der Waals surface area (Å²) in [7, 11) is -11.4. The van der Waals surface area contributed by atoms with E-state index in [2.05, 4.69) is 30.6 Å². The number of sulfone groups is 4. The summed E-state index contributed by atoms with van der Waals surface area (Å²) < 4.78 is 81.2. The Morgan fingerprint density at radius 2 is 0.872 bits per heavy atom. The van der Waals surface area contributed by atoms with E-state index in [4.69, 9.17) is 0 Å². The van der Waals surface area contributed by atoms with Crippen LogP contribution in [-0.2, 0) is 48.9 Å². The normalized spacial score (nSPS) is 10.7. The third-order valence-corrected chi connectivity index (χ3v) is 5.40. The molecule has 0 spiro atoms. The monoisotopic (exact) mass is 748 g/mol. The second-order valence-electron chi connectivity index (χ2n) is 10.8. The van der Waals surface area contributed by atoms with Crippen molar-refractivity contribution >= 4 is 51.2 Å². The largest absolute Gasteiger partial charge is 0.356 e. The van der Waals surface area contributed by atoms with Crippen LogP contribution in [0.2, 0.25) is 0 Å². The first-order chi connectivity index (χ1) is 21.1. The number of nitrogens with one attached hydrogen (secondary N) is 2. The van der Waals surface area contributed by atoms with Crippen molar-refractivity contribution in [3.63, 3.8) is 0 Å². The van der Waals surface area contributed by atoms with Crippen LogP contribution in [0.15, 0.2) is 49.6 Å². The van der Waals surface area contributed by atoms with Gasteiger partial charge in [-0.15, -0.1) is 0 Å². The van der Waals surface area contributed by atoms with E-state index in [9.17, 15) is 43.3 Å². The van der Waals surface area contributed by atoms with E-state index in [1.807, 2.05) is 27.7 Å². The molecule has 2 heterocycles. The van der Waals surface area contributed by atoms with Gasteiger partial charge in [0.15, 0.2) is 0 Å². The van der Waals surface area contributed by atoms with Gasteiger partial charge in [0.2, 0.25) is 11.8 Å². The van der Waals surface area contributed by atoms with Gasteiger partial charge in [0.05, 0.1) is 11.5 Å². The maximum Gasteiger partial charge on any atom is 0.221 e. The second kappa shape index (κ2) is 28.0. The average Bonchev–Trinajstić information content (AvgIpc) is 2.90. The van der Waals surface area contributed by atoms with Crippen LogP contribution in [-0.4, -0.2) is 127 Å². The smallest absolute Gasteiger partial charge is 0.221 e. The molecule has 0 aliphatic carbocycles. The Hall–Kier alpha value is -3.10. The number of nitrogens with zero attached hydrogens (tertiary/aromatic N) is 4. The summed E-state index contributed by atoms with van der Waals surface area (Å²) in [6.07, 6.45) is 16.8. The molecule has 0 unspecified atom stereocenters. The van der Waals surface area contributed by atoms with Gasteiger partial charge in [-0.3, -0.25) is 9.59 Å². The van der Waals surface area contributed by atoms with Crippen molar-refractivity contribution in [3.8, 4) is 0 Å². The first-order valence-electron chi connectivity index (χ1n) is 13.7. The lowest BCUT2D eigenvalue weighted by Crippen LogP contribution is -2.31. The fourth-order valence-corrected chi connectivity index (χ4v) is 2.98. The van der Waals surface area contributed by atoms with Gasteiger partial charge >= 0.3 is 0 Å². The highest BCUT2D eigenvalue weighted by Crippen LogP contribution is 1.92. The Morgan fingerprint density at radius 1 is 0.574 bits per heavy atom. The maximum atomic E-state index is 11.0. The molecule has 0 fully saturated rings. The molecule has 0 aliphatic heterocycles. The van der Waals surface area contributed by atoms with Gasteiger partial charge in [-0.2, -0.15) is 0 Å². The molecule has 2 amide bonds. The SMILES string of the molecule is CC(C)CNC(=O)CCS(C)(=O)=O.CC(C)NC(=O)CCS(C)(=O)=O.CS(C)(=O)=O.CS(C)(=O)=O.c1cncnc1.c1cncnc1. The van der Waals surface area contributed by atoms with Crippen LogP contribution in [0, 0.1) is 5.92 Å². The van der Waals surface area contributed by atoms with Crippen LogP contribution in [0.25, 0.3) is 0 Å². The molecule has 2 aromatic heterocycles. The number of rotatable bonds is 9. The quantitative estimate of drug-likeness (QED) is 0.353. The number of hydrogen-bond donors (Lipinski definition) is 2. The van der Waals surface area contributed by atoms with Gasteiger partial charge in [-0.1, -0.05) is 13.8 Å². The minimum Gasteiger partial charge on any atom is -0.356 e. The lowest BCUT2D eigenvalue weighted by atomic mass is 10.2. The molecule has 0 radical (unpaired) electrons. The van der Waals surface area contributed by atoms with Crippen molar-refractivity contribution in [3.05, 3.63) is 49.6 Å². The van der Waals surface area contributed by atoms with Gasteiger partial charge in [0, 0.05) is 87.8 Å². The van der Waals surface area contributed by atoms with Crippen molar-refractivity contribution in [2.45, 2.75) is 46.6 Å². The Kier molecular flexibility index (Phi) is 30.2. The summed E-state index contributed by atoms with van der Waals surface area (Å²) in [6, 6.07) is 3.62. The Bertz CT molecular complexity index is 1380. The topological polar surface area (TPSA) is 246 Å². The van der Waals surface area contributed by atoms with Crippen molar-refractivity contribution in [1.29, 1.82) is 0 Å². The van der Waals surface area contributed by atoms with Crippen molar-refractivity contribution in [1.82, 2.24) is 30.6 Å². The van der Waals surface area contributed by atoms with Crippen LogP contribution in [0.4, 0.5) is 0 Å². The molecule has 0 bridgehead atoms. The van der Waals surface area contributed by atoms with E-state index >= 15 is 0 Å². The van der Waals surface area contributed by atoms with Gasteiger partial charge in [0.25, 0.3) is 0 Å². The standard InChI is InChI=1S/C8H17NO3S.C7H15NO3S.2C4H4N2.2C2H6O2S/c1-7(2)6-9-8(10)4-5-13(3,11)12;1-6(2)8-7(9)4-5-12(3,10)11;2*1-2-5-4-6-3-1;2*1-5(2,3)4/h7H,4-6H2,1-3H3,(H,9,10);6H,4-5H2,1-3H3,(H,8,9);2*1-4H;2*1-2H3. The molecule has 2 aromatic rings. The molecule has 0 atom stereocenters. The van der Waals surface area contributed by atoms with E-state index in [1.165, 1.54) is 12.7 Å². The van der Waals surface area contributed by atoms with Crippen LogP contribution < -0.4 is 10.6 Å². The van der Waals surface area contributed by atoms with Crippen LogP contribution in [0.5, 0.6) is 0 Å². The van der Waals surface area contributed by atoms with Crippen molar-refractivity contribution in [2.24, 2.45) is 5.92 Å². The summed E-state index contributed by atoms with van der Waals surface area (Å²) in [5.74, 6) is -0.167. The molecule has 0 saturated heterocycles. The fourth-order valence-electron chi connectivity index (χ4n) is 1.86. The molecule has 0 aliphatic rings. The molecule has 2 N–H and O–H groups in total. The number of carbonyl (C=O) groups excluding carboxylic acids is 2. The van der Waals surface area contributed by atoms with E-state index in [0.29, 0.717) is 12.5 Å². The zero-order chi connectivity index (χ0) is 37.7. The highest BCUT2D eigenvalue weighted by atomic mass is 32.2. The third-order valence-electron chi connectivity index (χ3n) is 3.51. The van der Waals surface area contributed by atoms with Crippen LogP contribution in [0.1, 0.15) is 40.5 Å². The minimum atomic E-state index is -3.02. The lowest BCUT2D eigenvalue weighted by Gasteiger charge is -2.06. The van der Waals surface area contributed by atoms with Gasteiger partial charge in [-0.05, 0) is 31.9 Å². The highest BCUT2D eigenvalue weighted by Gasteiger charge is 2.08. The zero-order valence-electron chi connectivity index (χ0n) is 28.8. The van der Waals surface area contributed by atoms with Gasteiger partial charge in [-0.25, -0.2) is 53.6 Å². The van der Waals surface area contributed by atoms with Crippen LogP contribution >= 0.6 is 0 Å². The lowest BCUT2D eigenvalue weighted by molar-refractivity contribution is -0.121. The van der Waals surface area contributed by atoms with E-state index in [0.717, 1.165) is 37.5 Å². The molecule has 274 valence electrons. The molecule has 2 rings (SSSR count). The van der Waals surface area contributed by atoms with Gasteiger partial charge < -0.3 is 10.6 Å². The number of amides is 2. The molecule has 0 aromatic carbocycles. The molecular formula is C27H52N6O10S4. The summed E-state index contributed by atoms with van der Waals surface area (Å²) >= 11 is 0. The Balaban J connectivity index is -0.000000247. The Morgan fingerprint density at radius 3 is 1.06 bits per heavy atom. The van der Waals surface area contributed by atoms with Crippen LogP contribution in [0.3, 0.4) is 0 Å². The third kappa shape index (κ3) is 80.3. The molecule has 47 heavy (non-hydrogen) atoms. The molecule has 20 heteroatoms. The van der Waals surface area contributed by atoms with Gasteiger partial charge in [0.1, 0.15) is 52.0 Å².